The fraction of sp³-hybridized carbons (Fsp3) is 0. The fourth-order valence-electron chi connectivity index (χ4n) is 3.05. The van der Waals surface area contributed by atoms with Gasteiger partial charge in [0.1, 0.15) is 17.3 Å². The average molecular weight is 428 g/mol. The zero-order valence-corrected chi connectivity index (χ0v) is 16.7. The normalized spacial score (nSPS) is 10.9. The number of rotatable bonds is 5. The minimum atomic E-state index is -0.799. The van der Waals surface area contributed by atoms with E-state index in [2.05, 4.69) is 10.5 Å². The molecule has 0 aliphatic rings. The number of hydrogen-bond acceptors (Lipinski definition) is 5. The molecule has 0 unspecified atom stereocenters. The zero-order valence-electron chi connectivity index (χ0n) is 16.7. The minimum Gasteiger partial charge on any atom is -0.507 e. The number of hydrogen-bond donors (Lipinski definition) is 2. The van der Waals surface area contributed by atoms with Gasteiger partial charge in [-0.2, -0.15) is 5.10 Å². The van der Waals surface area contributed by atoms with Crippen LogP contribution in [0.25, 0.3) is 10.8 Å². The van der Waals surface area contributed by atoms with Gasteiger partial charge in [-0.3, -0.25) is 4.79 Å². The van der Waals surface area contributed by atoms with Gasteiger partial charge >= 0.3 is 5.97 Å². The highest BCUT2D eigenvalue weighted by atomic mass is 19.1. The van der Waals surface area contributed by atoms with Crippen LogP contribution >= 0.6 is 0 Å². The standard InChI is InChI=1S/C25H17FN2O4/c26-22-8-4-3-7-20(22)25(31)32-19-11-9-16(10-12-19)15-27-28-24(30)21-13-17-5-1-2-6-18(17)14-23(21)29/h1-15,29H,(H,28,30)/b27-15-. The SMILES string of the molecule is O=C(N/N=C\c1ccc(OC(=O)c2ccccc2F)cc1)c1cc2ccccc2cc1O. The Morgan fingerprint density at radius 1 is 0.875 bits per heavy atom. The third-order valence-electron chi connectivity index (χ3n) is 4.67. The minimum absolute atomic E-state index is 0.108. The molecule has 0 aliphatic heterocycles. The van der Waals surface area contributed by atoms with Gasteiger partial charge in [0.05, 0.1) is 17.3 Å². The summed E-state index contributed by atoms with van der Waals surface area (Å²) >= 11 is 0. The first-order chi connectivity index (χ1) is 15.5. The summed E-state index contributed by atoms with van der Waals surface area (Å²) in [4.78, 5) is 24.4. The first-order valence-electron chi connectivity index (χ1n) is 9.63. The molecule has 0 spiro atoms. The lowest BCUT2D eigenvalue weighted by Gasteiger charge is -2.06. The molecule has 0 aromatic heterocycles. The van der Waals surface area contributed by atoms with Crippen LogP contribution in [0, 0.1) is 5.82 Å². The summed E-state index contributed by atoms with van der Waals surface area (Å²) in [7, 11) is 0. The number of carbonyl (C=O) groups is 2. The van der Waals surface area contributed by atoms with Crippen LogP contribution < -0.4 is 10.2 Å². The lowest BCUT2D eigenvalue weighted by molar-refractivity contribution is 0.0729. The van der Waals surface area contributed by atoms with Crippen molar-refractivity contribution in [1.29, 1.82) is 0 Å². The monoisotopic (exact) mass is 428 g/mol. The van der Waals surface area contributed by atoms with Gasteiger partial charge < -0.3 is 9.84 Å². The van der Waals surface area contributed by atoms with Crippen LogP contribution in [0.2, 0.25) is 0 Å². The molecule has 0 heterocycles. The summed E-state index contributed by atoms with van der Waals surface area (Å²) in [6.45, 7) is 0. The number of phenols is 1. The second-order valence-corrected chi connectivity index (χ2v) is 6.85. The molecule has 0 aliphatic carbocycles. The van der Waals surface area contributed by atoms with E-state index in [0.29, 0.717) is 5.56 Å². The van der Waals surface area contributed by atoms with E-state index in [1.54, 1.807) is 24.3 Å². The van der Waals surface area contributed by atoms with Crippen molar-refractivity contribution >= 4 is 28.9 Å². The van der Waals surface area contributed by atoms with Gasteiger partial charge in [0.2, 0.25) is 0 Å². The van der Waals surface area contributed by atoms with Gasteiger partial charge in [0.25, 0.3) is 5.91 Å². The molecule has 1 amide bonds. The molecule has 4 aromatic carbocycles. The van der Waals surface area contributed by atoms with Crippen LogP contribution in [0.15, 0.2) is 90.0 Å². The van der Waals surface area contributed by atoms with Crippen LogP contribution in [0.1, 0.15) is 26.3 Å². The summed E-state index contributed by atoms with van der Waals surface area (Å²) in [5.74, 6) is -1.92. The number of ether oxygens (including phenoxy) is 1. The van der Waals surface area contributed by atoms with Crippen molar-refractivity contribution in [2.45, 2.75) is 0 Å². The summed E-state index contributed by atoms with van der Waals surface area (Å²) in [6, 6.07) is 22.3. The maximum Gasteiger partial charge on any atom is 0.346 e. The van der Waals surface area contributed by atoms with Gasteiger partial charge in [-0.15, -0.1) is 0 Å². The second-order valence-electron chi connectivity index (χ2n) is 6.85. The molecular formula is C25H17FN2O4. The van der Waals surface area contributed by atoms with Crippen LogP contribution in [-0.2, 0) is 0 Å². The van der Waals surface area contributed by atoms with Crippen LogP contribution in [0.5, 0.6) is 11.5 Å². The Kier molecular flexibility index (Phi) is 5.89. The largest absolute Gasteiger partial charge is 0.507 e. The number of amides is 1. The van der Waals surface area contributed by atoms with Crippen LogP contribution in [0.3, 0.4) is 0 Å². The van der Waals surface area contributed by atoms with Gasteiger partial charge in [-0.1, -0.05) is 36.4 Å². The van der Waals surface area contributed by atoms with Crippen molar-refractivity contribution in [2.24, 2.45) is 5.10 Å². The van der Waals surface area contributed by atoms with E-state index in [1.807, 2.05) is 24.3 Å². The number of esters is 1. The maximum absolute atomic E-state index is 13.7. The van der Waals surface area contributed by atoms with E-state index in [4.69, 9.17) is 4.74 Å². The lowest BCUT2D eigenvalue weighted by atomic mass is 10.1. The van der Waals surface area contributed by atoms with Crippen molar-refractivity contribution in [3.8, 4) is 11.5 Å². The van der Waals surface area contributed by atoms with E-state index in [9.17, 15) is 19.1 Å². The van der Waals surface area contributed by atoms with E-state index in [1.165, 1.54) is 42.6 Å². The molecule has 0 saturated carbocycles. The number of carbonyl (C=O) groups excluding carboxylic acids is 2. The lowest BCUT2D eigenvalue weighted by Crippen LogP contribution is -2.17. The predicted molar refractivity (Wildman–Crippen MR) is 118 cm³/mol. The number of hydrazone groups is 1. The van der Waals surface area contributed by atoms with Gasteiger partial charge in [-0.05, 0) is 64.9 Å². The highest BCUT2D eigenvalue weighted by Crippen LogP contribution is 2.24. The molecular weight excluding hydrogens is 411 g/mol. The van der Waals surface area contributed by atoms with Gasteiger partial charge in [0.15, 0.2) is 0 Å². The van der Waals surface area contributed by atoms with Crippen LogP contribution in [0.4, 0.5) is 4.39 Å². The molecule has 4 rings (SSSR count). The Hall–Kier alpha value is -4.52. The molecule has 0 radical (unpaired) electrons. The average Bonchev–Trinajstić information content (AvgIpc) is 2.80. The number of halogens is 1. The highest BCUT2D eigenvalue weighted by molar-refractivity contribution is 6.01. The third-order valence-corrected chi connectivity index (χ3v) is 4.67. The molecule has 0 saturated heterocycles. The molecule has 0 bridgehead atoms. The summed E-state index contributed by atoms with van der Waals surface area (Å²) < 4.78 is 18.8. The highest BCUT2D eigenvalue weighted by Gasteiger charge is 2.13. The second kappa shape index (κ2) is 9.09. The Labute approximate surface area is 182 Å². The summed E-state index contributed by atoms with van der Waals surface area (Å²) in [6.07, 6.45) is 1.40. The molecule has 2 N–H and O–H groups in total. The smallest absolute Gasteiger partial charge is 0.346 e. The maximum atomic E-state index is 13.7. The molecule has 0 atom stereocenters. The van der Waals surface area contributed by atoms with Crippen molar-refractivity contribution in [3.63, 3.8) is 0 Å². The van der Waals surface area contributed by atoms with Crippen molar-refractivity contribution in [3.05, 3.63) is 107 Å². The van der Waals surface area contributed by atoms with Gasteiger partial charge in [-0.25, -0.2) is 14.6 Å². The van der Waals surface area contributed by atoms with Crippen molar-refractivity contribution in [2.75, 3.05) is 0 Å². The first kappa shape index (κ1) is 20.7. The molecule has 6 nitrogen and oxygen atoms in total. The number of benzene rings is 4. The number of nitrogens with zero attached hydrogens (tertiary/aromatic N) is 1. The molecule has 32 heavy (non-hydrogen) atoms. The summed E-state index contributed by atoms with van der Waals surface area (Å²) in [5.41, 5.74) is 2.95. The van der Waals surface area contributed by atoms with E-state index in [0.717, 1.165) is 10.8 Å². The van der Waals surface area contributed by atoms with E-state index < -0.39 is 17.7 Å². The predicted octanol–water partition coefficient (Wildman–Crippen LogP) is 4.67. The number of nitrogens with one attached hydrogen (secondary N) is 1. The molecule has 0 fully saturated rings. The van der Waals surface area contributed by atoms with Crippen LogP contribution in [-0.4, -0.2) is 23.2 Å². The molecule has 4 aromatic rings. The molecule has 7 heteroatoms. The Balaban J connectivity index is 1.39. The third kappa shape index (κ3) is 4.62. The number of fused-ring (bicyclic) bond motifs is 1. The summed E-state index contributed by atoms with van der Waals surface area (Å²) in [5, 5.41) is 15.7. The van der Waals surface area contributed by atoms with E-state index in [-0.39, 0.29) is 22.6 Å². The van der Waals surface area contributed by atoms with Gasteiger partial charge in [0, 0.05) is 0 Å². The van der Waals surface area contributed by atoms with Crippen molar-refractivity contribution in [1.82, 2.24) is 5.43 Å². The quantitative estimate of drug-likeness (QED) is 0.209. The number of aromatic hydroxyl groups is 1. The Morgan fingerprint density at radius 3 is 2.25 bits per heavy atom. The topological polar surface area (TPSA) is 88.0 Å². The Morgan fingerprint density at radius 2 is 1.53 bits per heavy atom. The first-order valence-corrected chi connectivity index (χ1v) is 9.63. The zero-order chi connectivity index (χ0) is 22.5. The fourth-order valence-corrected chi connectivity index (χ4v) is 3.05. The molecule has 158 valence electrons. The van der Waals surface area contributed by atoms with E-state index >= 15 is 0 Å². The Bertz CT molecular complexity index is 1330. The number of phenolic OH excluding ortho intramolecular Hbond substituents is 1. The van der Waals surface area contributed by atoms with Crippen molar-refractivity contribution < 1.29 is 23.8 Å².